The lowest BCUT2D eigenvalue weighted by Crippen LogP contribution is -2.44. The van der Waals surface area contributed by atoms with Gasteiger partial charge >= 0.3 is 5.97 Å². The van der Waals surface area contributed by atoms with Crippen molar-refractivity contribution in [1.29, 1.82) is 0 Å². The molecule has 35 heavy (non-hydrogen) atoms. The zero-order valence-corrected chi connectivity index (χ0v) is 20.7. The summed E-state index contributed by atoms with van der Waals surface area (Å²) in [5.41, 5.74) is 9.04. The Balaban J connectivity index is 1.51. The molecule has 1 saturated heterocycles. The first kappa shape index (κ1) is 23.3. The van der Waals surface area contributed by atoms with Gasteiger partial charge in [-0.05, 0) is 83.1 Å². The number of pyridine rings is 1. The fourth-order valence-electron chi connectivity index (χ4n) is 4.96. The number of nitrogens with zero attached hydrogens (tertiary/aromatic N) is 5. The molecule has 0 spiro atoms. The summed E-state index contributed by atoms with van der Waals surface area (Å²) in [6.45, 7) is 8.54. The van der Waals surface area contributed by atoms with Crippen LogP contribution in [0.3, 0.4) is 0 Å². The van der Waals surface area contributed by atoms with Gasteiger partial charge in [-0.2, -0.15) is 5.10 Å². The van der Waals surface area contributed by atoms with Crippen molar-refractivity contribution < 1.29 is 14.3 Å². The summed E-state index contributed by atoms with van der Waals surface area (Å²) in [6.07, 6.45) is 6.82. The summed E-state index contributed by atoms with van der Waals surface area (Å²) in [5, 5.41) is 4.58. The predicted octanol–water partition coefficient (Wildman–Crippen LogP) is 3.71. The number of hydrogen-bond acceptors (Lipinski definition) is 7. The lowest BCUT2D eigenvalue weighted by atomic mass is 9.91. The number of amides is 1. The summed E-state index contributed by atoms with van der Waals surface area (Å²) in [4.78, 5) is 35.9. The average molecular weight is 477 g/mol. The summed E-state index contributed by atoms with van der Waals surface area (Å²) in [6, 6.07) is 5.55. The second-order valence-electron chi connectivity index (χ2n) is 10.7. The Morgan fingerprint density at radius 2 is 1.91 bits per heavy atom. The van der Waals surface area contributed by atoms with Gasteiger partial charge in [0.15, 0.2) is 5.82 Å². The van der Waals surface area contributed by atoms with Crippen LogP contribution in [-0.2, 0) is 9.53 Å². The van der Waals surface area contributed by atoms with E-state index in [2.05, 4.69) is 28.0 Å². The van der Waals surface area contributed by atoms with Crippen molar-refractivity contribution in [3.8, 4) is 11.4 Å². The molecule has 0 bridgehead atoms. The second kappa shape index (κ2) is 8.62. The van der Waals surface area contributed by atoms with Crippen LogP contribution in [0.5, 0.6) is 0 Å². The molecular weight excluding hydrogens is 444 g/mol. The van der Waals surface area contributed by atoms with Crippen molar-refractivity contribution in [1.82, 2.24) is 19.6 Å². The number of ether oxygens (including phenoxy) is 1. The van der Waals surface area contributed by atoms with Crippen LogP contribution >= 0.6 is 0 Å². The largest absolute Gasteiger partial charge is 0.460 e. The highest BCUT2D eigenvalue weighted by Gasteiger charge is 2.36. The van der Waals surface area contributed by atoms with Crippen molar-refractivity contribution in [2.75, 3.05) is 11.4 Å². The van der Waals surface area contributed by atoms with Gasteiger partial charge in [-0.3, -0.25) is 14.6 Å². The molecule has 0 radical (unpaired) electrons. The number of carbonyl (C=O) groups is 2. The summed E-state index contributed by atoms with van der Waals surface area (Å²) >= 11 is 0. The van der Waals surface area contributed by atoms with Gasteiger partial charge in [0.05, 0.1) is 17.3 Å². The molecule has 3 aromatic heterocycles. The van der Waals surface area contributed by atoms with Crippen molar-refractivity contribution in [3.63, 3.8) is 0 Å². The number of nitrogens with two attached hydrogens (primary N) is 1. The predicted molar refractivity (Wildman–Crippen MR) is 132 cm³/mol. The van der Waals surface area contributed by atoms with E-state index in [0.29, 0.717) is 36.6 Å². The number of carbonyl (C=O) groups excluding carboxylic acids is 2. The average Bonchev–Trinajstić information content (AvgIpc) is 3.57. The standard InChI is InChI=1S/C26H32N6O3/c1-15-11-18(25(34)35-26(2,3)4)8-10-31(15)24-22-19(16-5-6-16)13-21(32(22)30-14-29-24)20-12-17(23(27)33)7-9-28-20/h7,9,12-16,18H,5-6,8,10-11H2,1-4H3,(H2,27,33)/t15-,18-/m0/s1. The highest BCUT2D eigenvalue weighted by molar-refractivity contribution is 5.93. The molecule has 1 saturated carbocycles. The van der Waals surface area contributed by atoms with Gasteiger partial charge in [-0.1, -0.05) is 0 Å². The molecule has 5 rings (SSSR count). The minimum absolute atomic E-state index is 0.113. The number of fused-ring (bicyclic) bond motifs is 1. The summed E-state index contributed by atoms with van der Waals surface area (Å²) in [7, 11) is 0. The fraction of sp³-hybridized carbons (Fsp3) is 0.500. The smallest absolute Gasteiger partial charge is 0.309 e. The highest BCUT2D eigenvalue weighted by atomic mass is 16.6. The van der Waals surface area contributed by atoms with E-state index in [1.54, 1.807) is 24.7 Å². The molecule has 184 valence electrons. The normalized spacial score (nSPS) is 20.7. The van der Waals surface area contributed by atoms with Gasteiger partial charge in [-0.25, -0.2) is 9.50 Å². The number of piperidine rings is 1. The molecule has 1 amide bonds. The molecule has 2 fully saturated rings. The quantitative estimate of drug-likeness (QED) is 0.558. The Morgan fingerprint density at radius 1 is 1.14 bits per heavy atom. The van der Waals surface area contributed by atoms with Crippen LogP contribution in [0.1, 0.15) is 75.2 Å². The topological polar surface area (TPSA) is 116 Å². The molecule has 3 aromatic rings. The maximum Gasteiger partial charge on any atom is 0.309 e. The third kappa shape index (κ3) is 4.59. The van der Waals surface area contributed by atoms with Crippen molar-refractivity contribution in [3.05, 3.63) is 41.9 Å². The molecule has 9 nitrogen and oxygen atoms in total. The monoisotopic (exact) mass is 476 g/mol. The van der Waals surface area contributed by atoms with E-state index >= 15 is 0 Å². The van der Waals surface area contributed by atoms with Crippen LogP contribution in [0.25, 0.3) is 16.9 Å². The van der Waals surface area contributed by atoms with Crippen molar-refractivity contribution >= 4 is 23.2 Å². The van der Waals surface area contributed by atoms with Gasteiger partial charge in [0.1, 0.15) is 17.4 Å². The minimum atomic E-state index is -0.492. The summed E-state index contributed by atoms with van der Waals surface area (Å²) < 4.78 is 7.53. The molecule has 4 heterocycles. The molecule has 2 aliphatic rings. The molecule has 1 aliphatic carbocycles. The molecule has 2 N–H and O–H groups in total. The molecule has 9 heteroatoms. The van der Waals surface area contributed by atoms with E-state index in [1.165, 1.54) is 5.56 Å². The van der Waals surface area contributed by atoms with Crippen LogP contribution in [-0.4, -0.2) is 49.6 Å². The maximum absolute atomic E-state index is 12.7. The third-order valence-corrected chi connectivity index (χ3v) is 6.78. The zero-order chi connectivity index (χ0) is 24.9. The Labute approximate surface area is 204 Å². The number of hydrogen-bond donors (Lipinski definition) is 1. The molecular formula is C26H32N6O3. The first-order valence-electron chi connectivity index (χ1n) is 12.2. The maximum atomic E-state index is 12.7. The van der Waals surface area contributed by atoms with E-state index in [9.17, 15) is 9.59 Å². The van der Waals surface area contributed by atoms with E-state index < -0.39 is 11.5 Å². The van der Waals surface area contributed by atoms with Crippen molar-refractivity contribution in [2.45, 2.75) is 70.9 Å². The van der Waals surface area contributed by atoms with E-state index in [0.717, 1.165) is 29.9 Å². The molecule has 0 unspecified atom stereocenters. The summed E-state index contributed by atoms with van der Waals surface area (Å²) in [5.74, 6) is 0.589. The number of rotatable bonds is 5. The lowest BCUT2D eigenvalue weighted by Gasteiger charge is -2.38. The third-order valence-electron chi connectivity index (χ3n) is 6.78. The Morgan fingerprint density at radius 3 is 2.57 bits per heavy atom. The van der Waals surface area contributed by atoms with E-state index in [1.807, 2.05) is 25.3 Å². The Kier molecular flexibility index (Phi) is 5.73. The van der Waals surface area contributed by atoms with E-state index in [-0.39, 0.29) is 17.9 Å². The van der Waals surface area contributed by atoms with Crippen molar-refractivity contribution in [2.24, 2.45) is 11.7 Å². The highest BCUT2D eigenvalue weighted by Crippen LogP contribution is 2.46. The van der Waals surface area contributed by atoms with Crippen LogP contribution in [0.4, 0.5) is 5.82 Å². The molecule has 2 atom stereocenters. The van der Waals surface area contributed by atoms with Gasteiger partial charge in [-0.15, -0.1) is 0 Å². The first-order chi connectivity index (χ1) is 16.6. The molecule has 0 aromatic carbocycles. The zero-order valence-electron chi connectivity index (χ0n) is 20.7. The molecule has 1 aliphatic heterocycles. The van der Waals surface area contributed by atoms with Crippen LogP contribution in [0.15, 0.2) is 30.7 Å². The van der Waals surface area contributed by atoms with Gasteiger partial charge < -0.3 is 15.4 Å². The lowest BCUT2D eigenvalue weighted by molar-refractivity contribution is -0.161. The number of aromatic nitrogens is 4. The SMILES string of the molecule is C[C@H]1C[C@@H](C(=O)OC(C)(C)C)CCN1c1ncnn2c(-c3cc(C(N)=O)ccn3)cc(C3CC3)c12. The van der Waals surface area contributed by atoms with E-state index in [4.69, 9.17) is 15.5 Å². The number of anilines is 1. The first-order valence-corrected chi connectivity index (χ1v) is 12.2. The van der Waals surface area contributed by atoms with Crippen LogP contribution in [0.2, 0.25) is 0 Å². The van der Waals surface area contributed by atoms with Crippen LogP contribution in [0, 0.1) is 5.92 Å². The van der Waals surface area contributed by atoms with Gasteiger partial charge in [0.25, 0.3) is 0 Å². The van der Waals surface area contributed by atoms with Gasteiger partial charge in [0.2, 0.25) is 5.91 Å². The minimum Gasteiger partial charge on any atom is -0.460 e. The fourth-order valence-corrected chi connectivity index (χ4v) is 4.96. The van der Waals surface area contributed by atoms with Gasteiger partial charge in [0, 0.05) is 24.3 Å². The van der Waals surface area contributed by atoms with Crippen LogP contribution < -0.4 is 10.6 Å². The Hall–Kier alpha value is -3.49. The Bertz CT molecular complexity index is 1290. The second-order valence-corrected chi connectivity index (χ2v) is 10.7. The number of primary amides is 1. The number of esters is 1.